The van der Waals surface area contributed by atoms with Gasteiger partial charge in [0.05, 0.1) is 25.3 Å². The van der Waals surface area contributed by atoms with E-state index in [1.54, 1.807) is 4.57 Å². The monoisotopic (exact) mass is 337 g/mol. The molecule has 1 fully saturated rings. The number of nitrogens with zero attached hydrogens (tertiary/aromatic N) is 3. The van der Waals surface area contributed by atoms with Gasteiger partial charge in [-0.1, -0.05) is 11.3 Å². The highest BCUT2D eigenvalue weighted by Crippen LogP contribution is 2.31. The molecule has 2 aromatic rings. The van der Waals surface area contributed by atoms with Crippen LogP contribution in [-0.4, -0.2) is 45.9 Å². The summed E-state index contributed by atoms with van der Waals surface area (Å²) in [6.07, 6.45) is 1.38. The summed E-state index contributed by atoms with van der Waals surface area (Å²) in [5.41, 5.74) is -0.125. The van der Waals surface area contributed by atoms with Gasteiger partial charge in [0.25, 0.3) is 0 Å². The van der Waals surface area contributed by atoms with Crippen LogP contribution in [0.2, 0.25) is 0 Å². The van der Waals surface area contributed by atoms with E-state index in [9.17, 15) is 14.7 Å². The number of aromatic carboxylic acids is 1. The van der Waals surface area contributed by atoms with Crippen molar-refractivity contribution in [3.63, 3.8) is 0 Å². The first kappa shape index (κ1) is 15.9. The van der Waals surface area contributed by atoms with Crippen LogP contribution in [0, 0.1) is 0 Å². The van der Waals surface area contributed by atoms with Crippen molar-refractivity contribution in [2.75, 3.05) is 18.1 Å². The number of rotatable bonds is 3. The molecule has 0 aromatic carbocycles. The minimum Gasteiger partial charge on any atom is -0.477 e. The highest BCUT2D eigenvalue weighted by molar-refractivity contribution is 7.22. The lowest BCUT2D eigenvalue weighted by Gasteiger charge is -2.38. The van der Waals surface area contributed by atoms with Crippen LogP contribution in [-0.2, 0) is 11.3 Å². The molecule has 0 radical (unpaired) electrons. The predicted octanol–water partition coefficient (Wildman–Crippen LogP) is 1.79. The summed E-state index contributed by atoms with van der Waals surface area (Å²) >= 11 is 1.26. The van der Waals surface area contributed by atoms with Crippen molar-refractivity contribution in [1.82, 2.24) is 9.55 Å². The Labute approximate surface area is 137 Å². The third-order valence-corrected chi connectivity index (χ3v) is 5.12. The van der Waals surface area contributed by atoms with Crippen LogP contribution in [0.25, 0.3) is 10.3 Å². The molecule has 2 aromatic heterocycles. The third kappa shape index (κ3) is 2.61. The van der Waals surface area contributed by atoms with Gasteiger partial charge in [0, 0.05) is 12.7 Å². The second kappa shape index (κ2) is 5.93. The first-order valence-corrected chi connectivity index (χ1v) is 8.39. The summed E-state index contributed by atoms with van der Waals surface area (Å²) in [5.74, 6) is -1.21. The zero-order valence-corrected chi connectivity index (χ0v) is 14.1. The number of carbonyl (C=O) groups is 1. The van der Waals surface area contributed by atoms with E-state index in [1.165, 1.54) is 17.5 Å². The average Bonchev–Trinajstić information content (AvgIpc) is 2.92. The zero-order valence-electron chi connectivity index (χ0n) is 13.3. The van der Waals surface area contributed by atoms with Crippen LogP contribution < -0.4 is 10.3 Å². The second-order valence-electron chi connectivity index (χ2n) is 5.76. The molecule has 3 rings (SSSR count). The van der Waals surface area contributed by atoms with E-state index in [-0.39, 0.29) is 17.6 Å². The molecule has 0 aliphatic carbocycles. The molecule has 8 heteroatoms. The molecule has 0 spiro atoms. The Morgan fingerprint density at radius 2 is 2.09 bits per heavy atom. The Kier molecular flexibility index (Phi) is 4.11. The number of thiazole rings is 1. The number of fused-ring (bicyclic) bond motifs is 1. The van der Waals surface area contributed by atoms with E-state index in [0.29, 0.717) is 30.1 Å². The van der Waals surface area contributed by atoms with E-state index in [2.05, 4.69) is 23.7 Å². The lowest BCUT2D eigenvalue weighted by atomic mass is 10.2. The van der Waals surface area contributed by atoms with Gasteiger partial charge in [-0.3, -0.25) is 4.79 Å². The Hall–Kier alpha value is -1.93. The van der Waals surface area contributed by atoms with Crippen LogP contribution >= 0.6 is 11.3 Å². The van der Waals surface area contributed by atoms with Gasteiger partial charge in [-0.25, -0.2) is 9.78 Å². The Morgan fingerprint density at radius 1 is 1.43 bits per heavy atom. The standard InChI is InChI=1S/C15H19N3O4S/c1-4-17-5-10(14(20)21)11(19)12-13(17)16-15(23-12)18-8(2)6-22-7-9(18)3/h5,8-9H,4,6-7H2,1-3H3,(H,20,21). The number of hydrogen-bond donors (Lipinski definition) is 1. The molecular formula is C15H19N3O4S. The van der Waals surface area contributed by atoms with Gasteiger partial charge in [0.15, 0.2) is 10.8 Å². The quantitative estimate of drug-likeness (QED) is 0.919. The fraction of sp³-hybridized carbons (Fsp3) is 0.533. The molecule has 2 atom stereocenters. The van der Waals surface area contributed by atoms with Crippen molar-refractivity contribution in [2.24, 2.45) is 0 Å². The van der Waals surface area contributed by atoms with Gasteiger partial charge >= 0.3 is 5.97 Å². The Balaban J connectivity index is 2.20. The molecular weight excluding hydrogens is 318 g/mol. The summed E-state index contributed by atoms with van der Waals surface area (Å²) < 4.78 is 7.64. The number of aryl methyl sites for hydroxylation is 1. The molecule has 124 valence electrons. The summed E-state index contributed by atoms with van der Waals surface area (Å²) in [4.78, 5) is 30.5. The Bertz CT molecular complexity index is 803. The molecule has 3 heterocycles. The average molecular weight is 337 g/mol. The molecule has 0 saturated carbocycles. The third-order valence-electron chi connectivity index (χ3n) is 4.07. The number of carboxylic acids is 1. The van der Waals surface area contributed by atoms with Gasteiger partial charge in [-0.05, 0) is 20.8 Å². The molecule has 1 aliphatic rings. The van der Waals surface area contributed by atoms with Crippen LogP contribution in [0.3, 0.4) is 0 Å². The SMILES string of the molecule is CCn1cc(C(=O)O)c(=O)c2sc(N3C(C)COCC3C)nc21. The Morgan fingerprint density at radius 3 is 2.65 bits per heavy atom. The van der Waals surface area contributed by atoms with Crippen molar-refractivity contribution in [3.8, 4) is 0 Å². The maximum Gasteiger partial charge on any atom is 0.341 e. The fourth-order valence-electron chi connectivity index (χ4n) is 2.93. The van der Waals surface area contributed by atoms with Crippen LogP contribution in [0.15, 0.2) is 11.0 Å². The smallest absolute Gasteiger partial charge is 0.341 e. The van der Waals surface area contributed by atoms with Crippen molar-refractivity contribution in [2.45, 2.75) is 39.4 Å². The van der Waals surface area contributed by atoms with Gasteiger partial charge in [-0.15, -0.1) is 0 Å². The van der Waals surface area contributed by atoms with Crippen molar-refractivity contribution < 1.29 is 14.6 Å². The van der Waals surface area contributed by atoms with Crippen LogP contribution in [0.5, 0.6) is 0 Å². The van der Waals surface area contributed by atoms with Gasteiger partial charge < -0.3 is 19.3 Å². The molecule has 0 bridgehead atoms. The van der Waals surface area contributed by atoms with Crippen molar-refractivity contribution in [3.05, 3.63) is 22.0 Å². The minimum atomic E-state index is -1.21. The van der Waals surface area contributed by atoms with E-state index < -0.39 is 11.4 Å². The largest absolute Gasteiger partial charge is 0.477 e. The molecule has 1 aliphatic heterocycles. The normalized spacial score (nSPS) is 21.8. The number of aromatic nitrogens is 2. The number of morpholine rings is 1. The maximum absolute atomic E-state index is 12.4. The maximum atomic E-state index is 12.4. The topological polar surface area (TPSA) is 84.7 Å². The molecule has 0 amide bonds. The summed E-state index contributed by atoms with van der Waals surface area (Å²) in [6.45, 7) is 7.77. The molecule has 23 heavy (non-hydrogen) atoms. The number of anilines is 1. The van der Waals surface area contributed by atoms with E-state index >= 15 is 0 Å². The first-order chi connectivity index (χ1) is 10.9. The lowest BCUT2D eigenvalue weighted by molar-refractivity contribution is 0.0695. The lowest BCUT2D eigenvalue weighted by Crippen LogP contribution is -2.49. The molecule has 2 unspecified atom stereocenters. The van der Waals surface area contributed by atoms with Gasteiger partial charge in [0.2, 0.25) is 5.43 Å². The van der Waals surface area contributed by atoms with Gasteiger partial charge in [0.1, 0.15) is 10.3 Å². The summed E-state index contributed by atoms with van der Waals surface area (Å²) in [6, 6.07) is 0.312. The summed E-state index contributed by atoms with van der Waals surface area (Å²) in [5, 5.41) is 9.97. The highest BCUT2D eigenvalue weighted by Gasteiger charge is 2.29. The van der Waals surface area contributed by atoms with Crippen molar-refractivity contribution in [1.29, 1.82) is 0 Å². The van der Waals surface area contributed by atoms with E-state index in [0.717, 1.165) is 5.13 Å². The molecule has 7 nitrogen and oxygen atoms in total. The van der Waals surface area contributed by atoms with E-state index in [4.69, 9.17) is 4.74 Å². The highest BCUT2D eigenvalue weighted by atomic mass is 32.1. The minimum absolute atomic E-state index is 0.156. The summed E-state index contributed by atoms with van der Waals surface area (Å²) in [7, 11) is 0. The number of ether oxygens (including phenoxy) is 1. The van der Waals surface area contributed by atoms with Crippen LogP contribution in [0.1, 0.15) is 31.1 Å². The fourth-order valence-corrected chi connectivity index (χ4v) is 4.16. The van der Waals surface area contributed by atoms with Gasteiger partial charge in [-0.2, -0.15) is 0 Å². The predicted molar refractivity (Wildman–Crippen MR) is 88.7 cm³/mol. The zero-order chi connectivity index (χ0) is 16.7. The van der Waals surface area contributed by atoms with Crippen molar-refractivity contribution >= 4 is 32.8 Å². The van der Waals surface area contributed by atoms with E-state index in [1.807, 2.05) is 6.92 Å². The number of hydrogen-bond acceptors (Lipinski definition) is 6. The molecule has 1 saturated heterocycles. The number of pyridine rings is 1. The van der Waals surface area contributed by atoms with Crippen LogP contribution in [0.4, 0.5) is 5.13 Å². The molecule has 1 N–H and O–H groups in total. The number of carboxylic acid groups (broad SMARTS) is 1. The second-order valence-corrected chi connectivity index (χ2v) is 6.73. The first-order valence-electron chi connectivity index (χ1n) is 7.57.